The van der Waals surface area contributed by atoms with Crippen molar-refractivity contribution in [3.63, 3.8) is 0 Å². The van der Waals surface area contributed by atoms with Gasteiger partial charge in [0.15, 0.2) is 0 Å². The van der Waals surface area contributed by atoms with Gasteiger partial charge in [0.25, 0.3) is 0 Å². The van der Waals surface area contributed by atoms with Crippen molar-refractivity contribution in [2.24, 2.45) is 5.16 Å². The van der Waals surface area contributed by atoms with Crippen molar-refractivity contribution >= 4 is 20.0 Å². The van der Waals surface area contributed by atoms with Crippen molar-refractivity contribution in [2.45, 2.75) is 20.0 Å². The second-order valence-corrected chi connectivity index (χ2v) is 5.35. The largest absolute Gasteiger partial charge is 0.505 e. The van der Waals surface area contributed by atoms with E-state index in [1.807, 2.05) is 0 Å². The number of carboxylic acid groups (broad SMARTS) is 1. The third-order valence-corrected chi connectivity index (χ3v) is 2.88. The zero-order valence-electron chi connectivity index (χ0n) is 11.5. The molecule has 22 heavy (non-hydrogen) atoms. The van der Waals surface area contributed by atoms with E-state index in [0.717, 1.165) is 6.21 Å². The third kappa shape index (κ3) is 6.19. The second-order valence-electron chi connectivity index (χ2n) is 4.11. The highest BCUT2D eigenvalue weighted by Crippen LogP contribution is 2.37. The first-order chi connectivity index (χ1) is 10.2. The molecular formula is C11H15N2O8P. The summed E-state index contributed by atoms with van der Waals surface area (Å²) in [6, 6.07) is 0. The van der Waals surface area contributed by atoms with E-state index in [0.29, 0.717) is 0 Å². The van der Waals surface area contributed by atoms with Gasteiger partial charge in [0, 0.05) is 17.3 Å². The molecule has 1 rings (SSSR count). The van der Waals surface area contributed by atoms with E-state index in [9.17, 15) is 14.5 Å². The predicted octanol–water partition coefficient (Wildman–Crippen LogP) is 0.530. The van der Waals surface area contributed by atoms with Crippen molar-refractivity contribution in [2.75, 3.05) is 6.61 Å². The molecular weight excluding hydrogens is 319 g/mol. The Labute approximate surface area is 125 Å². The van der Waals surface area contributed by atoms with E-state index in [-0.39, 0.29) is 35.6 Å². The van der Waals surface area contributed by atoms with E-state index in [4.69, 9.17) is 19.7 Å². The van der Waals surface area contributed by atoms with Gasteiger partial charge in [0.05, 0.1) is 24.9 Å². The zero-order chi connectivity index (χ0) is 16.8. The van der Waals surface area contributed by atoms with Gasteiger partial charge in [-0.2, -0.15) is 0 Å². The maximum atomic E-state index is 10.7. The van der Waals surface area contributed by atoms with Crippen LogP contribution in [0.2, 0.25) is 0 Å². The number of aromatic nitrogens is 1. The molecule has 0 spiro atoms. The van der Waals surface area contributed by atoms with Gasteiger partial charge in [-0.1, -0.05) is 5.16 Å². The summed E-state index contributed by atoms with van der Waals surface area (Å²) in [6.07, 6.45) is 2.11. The molecule has 0 aromatic carbocycles. The number of pyridine rings is 1. The number of hydrogen-bond acceptors (Lipinski definition) is 7. The second kappa shape index (κ2) is 7.85. The number of phosphoric acid groups is 1. The first kappa shape index (κ1) is 18.1. The van der Waals surface area contributed by atoms with Crippen molar-refractivity contribution < 1.29 is 38.7 Å². The molecule has 0 radical (unpaired) electrons. The molecule has 122 valence electrons. The Hall–Kier alpha value is -2.00. The van der Waals surface area contributed by atoms with Crippen LogP contribution in [0.25, 0.3) is 0 Å². The van der Waals surface area contributed by atoms with Gasteiger partial charge in [-0.25, -0.2) is 4.57 Å². The van der Waals surface area contributed by atoms with Gasteiger partial charge >= 0.3 is 13.8 Å². The van der Waals surface area contributed by atoms with Crippen molar-refractivity contribution in [3.8, 4) is 5.75 Å². The van der Waals surface area contributed by atoms with Gasteiger partial charge in [0.1, 0.15) is 12.4 Å². The summed E-state index contributed by atoms with van der Waals surface area (Å²) in [7, 11) is -4.68. The average Bonchev–Trinajstić information content (AvgIpc) is 2.40. The summed E-state index contributed by atoms with van der Waals surface area (Å²) in [5.74, 6) is -1.30. The van der Waals surface area contributed by atoms with Crippen LogP contribution in [0.3, 0.4) is 0 Å². The highest BCUT2D eigenvalue weighted by molar-refractivity contribution is 7.46. The SMILES string of the molecule is Cc1ncc(COP(=O)(O)O)c(/C=N/OCCC(=O)O)c1O. The highest BCUT2D eigenvalue weighted by atomic mass is 31.2. The molecule has 10 nitrogen and oxygen atoms in total. The number of carboxylic acids is 1. The summed E-state index contributed by atoms with van der Waals surface area (Å²) >= 11 is 0. The molecule has 0 bridgehead atoms. The number of aliphatic carboxylic acids is 1. The lowest BCUT2D eigenvalue weighted by atomic mass is 10.1. The lowest BCUT2D eigenvalue weighted by Crippen LogP contribution is -2.02. The molecule has 1 heterocycles. The Balaban J connectivity index is 2.85. The van der Waals surface area contributed by atoms with E-state index >= 15 is 0 Å². The molecule has 0 fully saturated rings. The van der Waals surface area contributed by atoms with Gasteiger partial charge in [-0.15, -0.1) is 0 Å². The Morgan fingerprint density at radius 1 is 1.50 bits per heavy atom. The van der Waals surface area contributed by atoms with E-state index in [1.54, 1.807) is 0 Å². The number of carbonyl (C=O) groups is 1. The molecule has 0 saturated heterocycles. The van der Waals surface area contributed by atoms with Crippen molar-refractivity contribution in [1.82, 2.24) is 4.98 Å². The van der Waals surface area contributed by atoms with Crippen LogP contribution < -0.4 is 0 Å². The number of phosphoric ester groups is 1. The average molecular weight is 334 g/mol. The van der Waals surface area contributed by atoms with Gasteiger partial charge in [-0.3, -0.25) is 14.3 Å². The predicted molar refractivity (Wildman–Crippen MR) is 73.3 cm³/mol. The van der Waals surface area contributed by atoms with Crippen LogP contribution in [0.4, 0.5) is 0 Å². The summed E-state index contributed by atoms with van der Waals surface area (Å²) in [5.41, 5.74) is 0.556. The topological polar surface area (TPSA) is 159 Å². The third-order valence-electron chi connectivity index (χ3n) is 2.41. The molecule has 4 N–H and O–H groups in total. The Morgan fingerprint density at radius 2 is 2.18 bits per heavy atom. The fourth-order valence-corrected chi connectivity index (χ4v) is 1.65. The molecule has 0 saturated carbocycles. The zero-order valence-corrected chi connectivity index (χ0v) is 12.4. The van der Waals surface area contributed by atoms with Crippen molar-refractivity contribution in [1.29, 1.82) is 0 Å². The van der Waals surface area contributed by atoms with E-state index in [1.165, 1.54) is 13.1 Å². The minimum absolute atomic E-state index is 0.108. The molecule has 0 unspecified atom stereocenters. The number of rotatable bonds is 8. The van der Waals surface area contributed by atoms with Crippen LogP contribution in [0.15, 0.2) is 11.4 Å². The Kier molecular flexibility index (Phi) is 6.44. The van der Waals surface area contributed by atoms with Crippen molar-refractivity contribution in [3.05, 3.63) is 23.0 Å². The fraction of sp³-hybridized carbons (Fsp3) is 0.364. The smallest absolute Gasteiger partial charge is 0.469 e. The van der Waals surface area contributed by atoms with E-state index < -0.39 is 20.4 Å². The number of oxime groups is 1. The highest BCUT2D eigenvalue weighted by Gasteiger charge is 2.17. The fourth-order valence-electron chi connectivity index (χ4n) is 1.34. The maximum absolute atomic E-state index is 10.7. The Morgan fingerprint density at radius 3 is 2.77 bits per heavy atom. The summed E-state index contributed by atoms with van der Waals surface area (Å²) < 4.78 is 15.1. The molecule has 0 aliphatic carbocycles. The number of hydrogen-bond donors (Lipinski definition) is 4. The molecule has 1 aromatic rings. The first-order valence-corrected chi connectivity index (χ1v) is 7.48. The summed E-state index contributed by atoms with van der Waals surface area (Å²) in [6.45, 7) is 0.859. The number of aryl methyl sites for hydroxylation is 1. The minimum Gasteiger partial charge on any atom is -0.505 e. The molecule has 0 amide bonds. The monoisotopic (exact) mass is 334 g/mol. The summed E-state index contributed by atoms with van der Waals surface area (Å²) in [5, 5.41) is 21.8. The van der Waals surface area contributed by atoms with Crippen LogP contribution >= 0.6 is 7.82 Å². The van der Waals surface area contributed by atoms with Crippen LogP contribution in [-0.4, -0.2) is 43.8 Å². The molecule has 0 aliphatic rings. The standard InChI is InChI=1S/C11H15N2O8P/c1-7-11(16)9(5-13-20-3-2-10(14)15)8(4-12-7)6-21-22(17,18)19/h4-5,16H,2-3,6H2,1H3,(H,14,15)(H2,17,18,19)/b13-5+. The minimum atomic E-state index is -4.68. The molecule has 11 heteroatoms. The van der Waals surface area contributed by atoms with Gasteiger partial charge in [0.2, 0.25) is 0 Å². The number of nitrogens with zero attached hydrogens (tertiary/aromatic N) is 2. The van der Waals surface area contributed by atoms with Crippen LogP contribution in [0.5, 0.6) is 5.75 Å². The van der Waals surface area contributed by atoms with Gasteiger partial charge in [-0.05, 0) is 6.92 Å². The lowest BCUT2D eigenvalue weighted by Gasteiger charge is -2.10. The van der Waals surface area contributed by atoms with Crippen LogP contribution in [0.1, 0.15) is 23.2 Å². The maximum Gasteiger partial charge on any atom is 0.469 e. The first-order valence-electron chi connectivity index (χ1n) is 5.95. The van der Waals surface area contributed by atoms with E-state index in [2.05, 4.69) is 14.7 Å². The lowest BCUT2D eigenvalue weighted by molar-refractivity contribution is -0.138. The Bertz CT molecular complexity index is 612. The normalized spacial score (nSPS) is 11.8. The van der Waals surface area contributed by atoms with Gasteiger partial charge < -0.3 is 24.8 Å². The molecule has 1 aromatic heterocycles. The molecule has 0 aliphatic heterocycles. The molecule has 0 atom stereocenters. The van der Waals surface area contributed by atoms with Crippen LogP contribution in [-0.2, 0) is 25.3 Å². The quantitative estimate of drug-likeness (QED) is 0.230. The number of aromatic hydroxyl groups is 1. The van der Waals surface area contributed by atoms with Crippen LogP contribution in [0, 0.1) is 6.92 Å². The summed E-state index contributed by atoms with van der Waals surface area (Å²) in [4.78, 5) is 36.2.